The molecule has 3 aromatic rings. The van der Waals surface area contributed by atoms with Crippen molar-refractivity contribution in [2.45, 2.75) is 38.8 Å². The van der Waals surface area contributed by atoms with Crippen molar-refractivity contribution < 1.29 is 19.1 Å². The predicted molar refractivity (Wildman–Crippen MR) is 130 cm³/mol. The Morgan fingerprint density at radius 3 is 2.65 bits per heavy atom. The van der Waals surface area contributed by atoms with E-state index in [9.17, 15) is 9.59 Å². The van der Waals surface area contributed by atoms with Crippen LogP contribution >= 0.6 is 0 Å². The second-order valence-electron chi connectivity index (χ2n) is 8.55. The number of nitrogens with one attached hydrogen (secondary N) is 1. The summed E-state index contributed by atoms with van der Waals surface area (Å²) in [6, 6.07) is 13.1. The van der Waals surface area contributed by atoms with E-state index < -0.39 is 5.97 Å². The van der Waals surface area contributed by atoms with E-state index in [2.05, 4.69) is 12.2 Å². The first-order valence-electron chi connectivity index (χ1n) is 11.8. The zero-order valence-corrected chi connectivity index (χ0v) is 20.0. The highest BCUT2D eigenvalue weighted by molar-refractivity contribution is 5.98. The number of fused-ring (bicyclic) bond motifs is 1. The summed E-state index contributed by atoms with van der Waals surface area (Å²) < 4.78 is 12.2. The molecule has 8 heteroatoms. The summed E-state index contributed by atoms with van der Waals surface area (Å²) >= 11 is 0. The van der Waals surface area contributed by atoms with Crippen LogP contribution in [0.2, 0.25) is 0 Å². The number of ether oxygens (including phenoxy) is 2. The van der Waals surface area contributed by atoms with E-state index in [4.69, 9.17) is 14.5 Å². The van der Waals surface area contributed by atoms with Crippen LogP contribution in [0.3, 0.4) is 0 Å². The molecule has 0 saturated carbocycles. The van der Waals surface area contributed by atoms with Crippen molar-refractivity contribution in [2.24, 2.45) is 0 Å². The molecule has 1 saturated heterocycles. The lowest BCUT2D eigenvalue weighted by molar-refractivity contribution is 0.0599. The fraction of sp³-hybridized carbons (Fsp3) is 0.423. The minimum atomic E-state index is -0.425. The number of carbonyl (C=O) groups excluding carboxylic acids is 2. The number of hydrogen-bond acceptors (Lipinski definition) is 6. The second kappa shape index (κ2) is 10.7. The lowest BCUT2D eigenvalue weighted by Crippen LogP contribution is -2.47. The molecule has 0 atom stereocenters. The average molecular weight is 465 g/mol. The highest BCUT2D eigenvalue weighted by atomic mass is 16.5. The molecule has 0 spiro atoms. The van der Waals surface area contributed by atoms with Gasteiger partial charge in [-0.15, -0.1) is 0 Å². The van der Waals surface area contributed by atoms with E-state index in [0.717, 1.165) is 49.2 Å². The Morgan fingerprint density at radius 2 is 1.94 bits per heavy atom. The maximum absolute atomic E-state index is 13.9. The second-order valence-corrected chi connectivity index (χ2v) is 8.55. The van der Waals surface area contributed by atoms with E-state index in [0.29, 0.717) is 30.0 Å². The Bertz CT molecular complexity index is 1170. The monoisotopic (exact) mass is 464 g/mol. The van der Waals surface area contributed by atoms with Gasteiger partial charge in [-0.25, -0.2) is 9.78 Å². The van der Waals surface area contributed by atoms with Crippen LogP contribution in [0.5, 0.6) is 5.75 Å². The molecule has 0 unspecified atom stereocenters. The van der Waals surface area contributed by atoms with Gasteiger partial charge in [0.1, 0.15) is 5.75 Å². The molecular formula is C26H32N4O4. The summed E-state index contributed by atoms with van der Waals surface area (Å²) in [6.45, 7) is 5.00. The number of nitrogens with zero attached hydrogens (tertiary/aromatic N) is 3. The number of aromatic nitrogens is 2. The molecule has 180 valence electrons. The standard InChI is InChI=1S/C26H32N4O4/c1-4-14-29(20-10-12-27-13-11-20)25(31)24-28-22-9-8-19(26(32)34-3)16-23(22)30(24)17-18-6-5-7-21(15-18)33-2/h5-9,15-16,20,27H,4,10-14,17H2,1-3H3. The van der Waals surface area contributed by atoms with Gasteiger partial charge < -0.3 is 24.3 Å². The molecule has 2 heterocycles. The number of imidazole rings is 1. The molecule has 8 nitrogen and oxygen atoms in total. The molecule has 1 aromatic heterocycles. The Kier molecular flexibility index (Phi) is 7.47. The van der Waals surface area contributed by atoms with Gasteiger partial charge in [0.2, 0.25) is 5.82 Å². The normalized spacial score (nSPS) is 14.2. The number of esters is 1. The minimum Gasteiger partial charge on any atom is -0.497 e. The minimum absolute atomic E-state index is 0.0764. The van der Waals surface area contributed by atoms with Crippen LogP contribution in [0.15, 0.2) is 42.5 Å². The summed E-state index contributed by atoms with van der Waals surface area (Å²) in [5.41, 5.74) is 2.78. The van der Waals surface area contributed by atoms with Gasteiger partial charge in [-0.05, 0) is 68.2 Å². The Morgan fingerprint density at radius 1 is 1.15 bits per heavy atom. The smallest absolute Gasteiger partial charge is 0.337 e. The SMILES string of the molecule is CCCN(C(=O)c1nc2ccc(C(=O)OC)cc2n1Cc1cccc(OC)c1)C1CCNCC1. The molecule has 1 N–H and O–H groups in total. The molecule has 0 aliphatic carbocycles. The van der Waals surface area contributed by atoms with Crippen molar-refractivity contribution in [1.82, 2.24) is 19.8 Å². The largest absolute Gasteiger partial charge is 0.497 e. The number of methoxy groups -OCH3 is 2. The first kappa shape index (κ1) is 23.8. The first-order chi connectivity index (χ1) is 16.5. The van der Waals surface area contributed by atoms with Crippen LogP contribution < -0.4 is 10.1 Å². The van der Waals surface area contributed by atoms with E-state index in [-0.39, 0.29) is 11.9 Å². The van der Waals surface area contributed by atoms with Gasteiger partial charge >= 0.3 is 5.97 Å². The van der Waals surface area contributed by atoms with Crippen molar-refractivity contribution in [3.8, 4) is 5.75 Å². The fourth-order valence-corrected chi connectivity index (χ4v) is 4.58. The topological polar surface area (TPSA) is 85.7 Å². The lowest BCUT2D eigenvalue weighted by atomic mass is 10.0. The van der Waals surface area contributed by atoms with Crippen molar-refractivity contribution in [2.75, 3.05) is 33.9 Å². The van der Waals surface area contributed by atoms with E-state index in [1.807, 2.05) is 33.7 Å². The van der Waals surface area contributed by atoms with Gasteiger partial charge in [-0.1, -0.05) is 19.1 Å². The van der Waals surface area contributed by atoms with Crippen LogP contribution in [0.1, 0.15) is 52.7 Å². The Hall–Kier alpha value is -3.39. The molecule has 2 aromatic carbocycles. The molecular weight excluding hydrogens is 432 g/mol. The molecule has 1 amide bonds. The number of piperidine rings is 1. The van der Waals surface area contributed by atoms with Gasteiger partial charge in [0.25, 0.3) is 5.91 Å². The first-order valence-corrected chi connectivity index (χ1v) is 11.8. The zero-order valence-electron chi connectivity index (χ0n) is 20.0. The predicted octanol–water partition coefficient (Wildman–Crippen LogP) is 3.48. The summed E-state index contributed by atoms with van der Waals surface area (Å²) in [7, 11) is 2.99. The summed E-state index contributed by atoms with van der Waals surface area (Å²) in [5, 5.41) is 3.37. The molecule has 0 radical (unpaired) electrons. The molecule has 1 aliphatic heterocycles. The summed E-state index contributed by atoms with van der Waals surface area (Å²) in [6.07, 6.45) is 2.72. The number of hydrogen-bond donors (Lipinski definition) is 1. The van der Waals surface area contributed by atoms with Gasteiger partial charge in [-0.2, -0.15) is 0 Å². The zero-order chi connectivity index (χ0) is 24.1. The van der Waals surface area contributed by atoms with Crippen molar-refractivity contribution in [3.05, 3.63) is 59.4 Å². The molecule has 4 rings (SSSR count). The maximum Gasteiger partial charge on any atom is 0.337 e. The van der Waals surface area contributed by atoms with Crippen LogP contribution in [-0.4, -0.2) is 66.2 Å². The Balaban J connectivity index is 1.81. The average Bonchev–Trinajstić information content (AvgIpc) is 3.24. The number of carbonyl (C=O) groups is 2. The summed E-state index contributed by atoms with van der Waals surface area (Å²) in [4.78, 5) is 32.8. The molecule has 34 heavy (non-hydrogen) atoms. The third kappa shape index (κ3) is 4.92. The third-order valence-corrected chi connectivity index (χ3v) is 6.31. The number of benzene rings is 2. The van der Waals surface area contributed by atoms with E-state index in [1.165, 1.54) is 7.11 Å². The van der Waals surface area contributed by atoms with E-state index >= 15 is 0 Å². The molecule has 1 aliphatic rings. The maximum atomic E-state index is 13.9. The third-order valence-electron chi connectivity index (χ3n) is 6.31. The lowest BCUT2D eigenvalue weighted by Gasteiger charge is -2.34. The Labute approximate surface area is 199 Å². The highest BCUT2D eigenvalue weighted by Crippen LogP contribution is 2.24. The highest BCUT2D eigenvalue weighted by Gasteiger charge is 2.29. The fourth-order valence-electron chi connectivity index (χ4n) is 4.58. The van der Waals surface area contributed by atoms with Gasteiger partial charge in [0.05, 0.1) is 30.8 Å². The van der Waals surface area contributed by atoms with Crippen LogP contribution in [0, 0.1) is 0 Å². The van der Waals surface area contributed by atoms with Crippen molar-refractivity contribution in [1.29, 1.82) is 0 Å². The van der Waals surface area contributed by atoms with Crippen LogP contribution in [-0.2, 0) is 11.3 Å². The van der Waals surface area contributed by atoms with E-state index in [1.54, 1.807) is 25.3 Å². The number of amides is 1. The van der Waals surface area contributed by atoms with Crippen molar-refractivity contribution >= 4 is 22.9 Å². The number of rotatable bonds is 8. The van der Waals surface area contributed by atoms with Crippen molar-refractivity contribution in [3.63, 3.8) is 0 Å². The summed E-state index contributed by atoms with van der Waals surface area (Å²) in [5.74, 6) is 0.623. The molecule has 1 fully saturated rings. The van der Waals surface area contributed by atoms with Crippen LogP contribution in [0.25, 0.3) is 11.0 Å². The molecule has 0 bridgehead atoms. The van der Waals surface area contributed by atoms with Gasteiger partial charge in [0.15, 0.2) is 0 Å². The van der Waals surface area contributed by atoms with Gasteiger partial charge in [0, 0.05) is 19.1 Å². The quantitative estimate of drug-likeness (QED) is 0.514. The van der Waals surface area contributed by atoms with Gasteiger partial charge in [-0.3, -0.25) is 4.79 Å². The van der Waals surface area contributed by atoms with Crippen LogP contribution in [0.4, 0.5) is 0 Å².